The topological polar surface area (TPSA) is 61.4 Å². The van der Waals surface area contributed by atoms with E-state index >= 15 is 0 Å². The van der Waals surface area contributed by atoms with Gasteiger partial charge in [-0.2, -0.15) is 0 Å². The monoisotopic (exact) mass is 314 g/mol. The normalized spacial score (nSPS) is 12.5. The van der Waals surface area contributed by atoms with Crippen molar-refractivity contribution in [1.82, 2.24) is 10.6 Å². The van der Waals surface area contributed by atoms with Gasteiger partial charge < -0.3 is 15.7 Å². The Morgan fingerprint density at radius 2 is 2.06 bits per heavy atom. The smallest absolute Gasteiger partial charge is 0.237 e. The maximum atomic E-state index is 11.7. The number of halogens is 1. The molecule has 3 N–H and O–H groups in total. The van der Waals surface area contributed by atoms with Crippen LogP contribution in [-0.2, 0) is 11.3 Å². The molecule has 0 bridgehead atoms. The lowest BCUT2D eigenvalue weighted by Crippen LogP contribution is -2.44. The van der Waals surface area contributed by atoms with Gasteiger partial charge in [0.15, 0.2) is 0 Å². The molecule has 0 aliphatic rings. The Labute approximate surface area is 116 Å². The number of aromatic hydroxyl groups is 1. The number of phenolic OH excluding ortho intramolecular Hbond substituents is 1. The van der Waals surface area contributed by atoms with E-state index < -0.39 is 0 Å². The van der Waals surface area contributed by atoms with E-state index in [1.807, 2.05) is 19.9 Å². The van der Waals surface area contributed by atoms with Crippen LogP contribution in [0.4, 0.5) is 0 Å². The van der Waals surface area contributed by atoms with Gasteiger partial charge in [0.2, 0.25) is 5.91 Å². The molecule has 0 aliphatic carbocycles. The second-order valence-corrected chi connectivity index (χ2v) is 5.45. The third-order valence-corrected chi connectivity index (χ3v) is 2.96. The van der Waals surface area contributed by atoms with Crippen molar-refractivity contribution in [1.29, 1.82) is 0 Å². The molecule has 1 rings (SSSR count). The first kappa shape index (κ1) is 15.0. The predicted octanol–water partition coefficient (Wildman–Crippen LogP) is 2.16. The number of hydrogen-bond donors (Lipinski definition) is 3. The highest BCUT2D eigenvalue weighted by Crippen LogP contribution is 2.21. The molecule has 0 saturated heterocycles. The van der Waals surface area contributed by atoms with Crippen molar-refractivity contribution in [2.24, 2.45) is 0 Å². The van der Waals surface area contributed by atoms with Gasteiger partial charge in [0.1, 0.15) is 5.75 Å². The van der Waals surface area contributed by atoms with Crippen LogP contribution in [0.1, 0.15) is 26.3 Å². The Morgan fingerprint density at radius 1 is 1.39 bits per heavy atom. The summed E-state index contributed by atoms with van der Waals surface area (Å²) in [6, 6.07) is 5.05. The molecule has 0 heterocycles. The van der Waals surface area contributed by atoms with Crippen molar-refractivity contribution in [3.8, 4) is 5.75 Å². The summed E-state index contributed by atoms with van der Waals surface area (Å²) >= 11 is 3.35. The van der Waals surface area contributed by atoms with Crippen molar-refractivity contribution in [3.05, 3.63) is 28.2 Å². The molecule has 0 radical (unpaired) electrons. The molecule has 1 unspecified atom stereocenters. The Bertz CT molecular complexity index is 421. The van der Waals surface area contributed by atoms with Crippen molar-refractivity contribution < 1.29 is 9.90 Å². The van der Waals surface area contributed by atoms with Crippen LogP contribution < -0.4 is 10.6 Å². The van der Waals surface area contributed by atoms with Crippen LogP contribution in [0.5, 0.6) is 5.75 Å². The molecule has 100 valence electrons. The third kappa shape index (κ3) is 4.66. The number of amides is 1. The average Bonchev–Trinajstić information content (AvgIpc) is 2.29. The Morgan fingerprint density at radius 3 is 2.67 bits per heavy atom. The first-order chi connectivity index (χ1) is 8.40. The van der Waals surface area contributed by atoms with Crippen LogP contribution in [0, 0.1) is 0 Å². The fourth-order valence-electron chi connectivity index (χ4n) is 1.46. The SMILES string of the molecule is CC(C)NC(=O)C(C)NCc1cc(Br)ccc1O. The van der Waals surface area contributed by atoms with Crippen molar-refractivity contribution in [3.63, 3.8) is 0 Å². The zero-order valence-corrected chi connectivity index (χ0v) is 12.4. The van der Waals surface area contributed by atoms with Gasteiger partial charge in [0.25, 0.3) is 0 Å². The lowest BCUT2D eigenvalue weighted by atomic mass is 10.2. The molecule has 1 aromatic carbocycles. The number of phenols is 1. The Hall–Kier alpha value is -1.07. The van der Waals surface area contributed by atoms with Crippen LogP contribution in [-0.4, -0.2) is 23.1 Å². The number of hydrogen-bond acceptors (Lipinski definition) is 3. The standard InChI is InChI=1S/C13H19BrN2O2/c1-8(2)16-13(18)9(3)15-7-10-6-11(14)4-5-12(10)17/h4-6,8-9,15,17H,7H2,1-3H3,(H,16,18). The lowest BCUT2D eigenvalue weighted by Gasteiger charge is -2.16. The van der Waals surface area contributed by atoms with Crippen LogP contribution >= 0.6 is 15.9 Å². The molecule has 1 aromatic rings. The number of rotatable bonds is 5. The molecule has 0 spiro atoms. The predicted molar refractivity (Wildman–Crippen MR) is 75.4 cm³/mol. The van der Waals surface area contributed by atoms with Crippen LogP contribution in [0.3, 0.4) is 0 Å². The number of carbonyl (C=O) groups is 1. The van der Waals surface area contributed by atoms with E-state index in [0.29, 0.717) is 6.54 Å². The summed E-state index contributed by atoms with van der Waals surface area (Å²) in [6.45, 7) is 6.08. The van der Waals surface area contributed by atoms with Crippen LogP contribution in [0.25, 0.3) is 0 Å². The van der Waals surface area contributed by atoms with Gasteiger partial charge in [-0.15, -0.1) is 0 Å². The zero-order valence-electron chi connectivity index (χ0n) is 10.8. The molecular weight excluding hydrogens is 296 g/mol. The highest BCUT2D eigenvalue weighted by atomic mass is 79.9. The third-order valence-electron chi connectivity index (χ3n) is 2.46. The summed E-state index contributed by atoms with van der Waals surface area (Å²) in [5.74, 6) is 0.182. The molecular formula is C13H19BrN2O2. The van der Waals surface area contributed by atoms with Gasteiger partial charge in [-0.05, 0) is 39.0 Å². The molecule has 0 aromatic heterocycles. The second kappa shape index (κ2) is 6.75. The summed E-state index contributed by atoms with van der Waals surface area (Å²) in [4.78, 5) is 11.7. The average molecular weight is 315 g/mol. The van der Waals surface area contributed by atoms with Crippen molar-refractivity contribution in [2.75, 3.05) is 0 Å². The molecule has 4 nitrogen and oxygen atoms in total. The van der Waals surface area contributed by atoms with E-state index in [-0.39, 0.29) is 23.7 Å². The molecule has 18 heavy (non-hydrogen) atoms. The fraction of sp³-hybridized carbons (Fsp3) is 0.462. The van der Waals surface area contributed by atoms with Crippen molar-refractivity contribution in [2.45, 2.75) is 39.4 Å². The Balaban J connectivity index is 2.54. The van der Waals surface area contributed by atoms with E-state index in [1.54, 1.807) is 19.1 Å². The van der Waals surface area contributed by atoms with Crippen LogP contribution in [0.2, 0.25) is 0 Å². The van der Waals surface area contributed by atoms with Gasteiger partial charge in [0, 0.05) is 22.6 Å². The first-order valence-corrected chi connectivity index (χ1v) is 6.70. The van der Waals surface area contributed by atoms with Crippen LogP contribution in [0.15, 0.2) is 22.7 Å². The van der Waals surface area contributed by atoms with E-state index in [4.69, 9.17) is 0 Å². The molecule has 0 saturated carbocycles. The quantitative estimate of drug-likeness (QED) is 0.780. The van der Waals surface area contributed by atoms with Gasteiger partial charge in [0.05, 0.1) is 6.04 Å². The lowest BCUT2D eigenvalue weighted by molar-refractivity contribution is -0.123. The van der Waals surface area contributed by atoms with E-state index in [1.165, 1.54) is 0 Å². The van der Waals surface area contributed by atoms with E-state index in [9.17, 15) is 9.90 Å². The van der Waals surface area contributed by atoms with E-state index in [2.05, 4.69) is 26.6 Å². The summed E-state index contributed by atoms with van der Waals surface area (Å²) < 4.78 is 0.899. The van der Waals surface area contributed by atoms with Gasteiger partial charge in [-0.1, -0.05) is 15.9 Å². The molecule has 0 aliphatic heterocycles. The molecule has 1 amide bonds. The highest BCUT2D eigenvalue weighted by Gasteiger charge is 2.13. The second-order valence-electron chi connectivity index (χ2n) is 4.54. The zero-order chi connectivity index (χ0) is 13.7. The minimum absolute atomic E-state index is 0.0421. The minimum Gasteiger partial charge on any atom is -0.508 e. The summed E-state index contributed by atoms with van der Waals surface area (Å²) in [5, 5.41) is 15.6. The fourth-order valence-corrected chi connectivity index (χ4v) is 1.87. The molecule has 0 fully saturated rings. The van der Waals surface area contributed by atoms with Gasteiger partial charge >= 0.3 is 0 Å². The Kier molecular flexibility index (Phi) is 5.62. The summed E-state index contributed by atoms with van der Waals surface area (Å²) in [5.41, 5.74) is 0.758. The maximum absolute atomic E-state index is 11.7. The number of carbonyl (C=O) groups excluding carboxylic acids is 1. The molecule has 5 heteroatoms. The first-order valence-electron chi connectivity index (χ1n) is 5.91. The maximum Gasteiger partial charge on any atom is 0.237 e. The largest absolute Gasteiger partial charge is 0.508 e. The van der Waals surface area contributed by atoms with Gasteiger partial charge in [-0.3, -0.25) is 4.79 Å². The summed E-state index contributed by atoms with van der Waals surface area (Å²) in [7, 11) is 0. The number of benzene rings is 1. The summed E-state index contributed by atoms with van der Waals surface area (Å²) in [6.07, 6.45) is 0. The van der Waals surface area contributed by atoms with Crippen molar-refractivity contribution >= 4 is 21.8 Å². The number of nitrogens with one attached hydrogen (secondary N) is 2. The van der Waals surface area contributed by atoms with Gasteiger partial charge in [-0.25, -0.2) is 0 Å². The van der Waals surface area contributed by atoms with E-state index in [0.717, 1.165) is 10.0 Å². The highest BCUT2D eigenvalue weighted by molar-refractivity contribution is 9.10. The molecule has 1 atom stereocenters. The minimum atomic E-state index is -0.300.